The van der Waals surface area contributed by atoms with Crippen LogP contribution in [0.5, 0.6) is 0 Å². The summed E-state index contributed by atoms with van der Waals surface area (Å²) in [5, 5.41) is 18.9. The van der Waals surface area contributed by atoms with Crippen LogP contribution in [0.4, 0.5) is 0 Å². The molecule has 10 heteroatoms. The van der Waals surface area contributed by atoms with Crippen LogP contribution in [0, 0.1) is 5.92 Å². The average molecular weight is 612 g/mol. The normalized spacial score (nSPS) is 13.9. The molecule has 0 bridgehead atoms. The van der Waals surface area contributed by atoms with Gasteiger partial charge in [0.15, 0.2) is 0 Å². The minimum Gasteiger partial charge on any atom is -0.480 e. The van der Waals surface area contributed by atoms with Crippen LogP contribution in [-0.4, -0.2) is 57.9 Å². The Morgan fingerprint density at radius 1 is 0.689 bits per heavy atom. The molecule has 0 saturated heterocycles. The summed E-state index contributed by atoms with van der Waals surface area (Å²) in [4.78, 5) is 55.8. The highest BCUT2D eigenvalue weighted by molar-refractivity contribution is 5.94. The van der Waals surface area contributed by atoms with E-state index >= 15 is 0 Å². The molecule has 0 radical (unpaired) electrons. The first kappa shape index (κ1) is 32.9. The molecule has 236 valence electrons. The van der Waals surface area contributed by atoms with E-state index in [4.69, 9.17) is 5.73 Å². The zero-order valence-electron chi connectivity index (χ0n) is 25.5. The van der Waals surface area contributed by atoms with Gasteiger partial charge in [0.1, 0.15) is 18.1 Å². The highest BCUT2D eigenvalue weighted by Gasteiger charge is 2.31. The predicted octanol–water partition coefficient (Wildman–Crippen LogP) is 3.11. The summed E-state index contributed by atoms with van der Waals surface area (Å²) in [6, 6.07) is 21.8. The largest absolute Gasteiger partial charge is 0.480 e. The van der Waals surface area contributed by atoms with Crippen LogP contribution in [0.1, 0.15) is 37.0 Å². The van der Waals surface area contributed by atoms with E-state index in [1.807, 2.05) is 105 Å². The molecule has 4 atom stereocenters. The van der Waals surface area contributed by atoms with Crippen LogP contribution in [-0.2, 0) is 38.4 Å². The van der Waals surface area contributed by atoms with Crippen molar-refractivity contribution in [1.29, 1.82) is 0 Å². The maximum absolute atomic E-state index is 13.8. The van der Waals surface area contributed by atoms with Crippen molar-refractivity contribution in [3.8, 4) is 0 Å². The number of rotatable bonds is 15. The van der Waals surface area contributed by atoms with Gasteiger partial charge < -0.3 is 31.8 Å². The Morgan fingerprint density at radius 3 is 1.71 bits per heavy atom. The maximum Gasteiger partial charge on any atom is 0.326 e. The second-order valence-corrected chi connectivity index (χ2v) is 11.7. The van der Waals surface area contributed by atoms with Crippen LogP contribution in [0.25, 0.3) is 10.9 Å². The van der Waals surface area contributed by atoms with Crippen molar-refractivity contribution in [2.75, 3.05) is 0 Å². The molecule has 4 unspecified atom stereocenters. The number of para-hydroxylation sites is 1. The molecule has 0 aliphatic heterocycles. The van der Waals surface area contributed by atoms with Gasteiger partial charge in [0, 0.05) is 29.9 Å². The molecule has 0 aliphatic rings. The third kappa shape index (κ3) is 9.51. The smallest absolute Gasteiger partial charge is 0.326 e. The molecule has 7 N–H and O–H groups in total. The number of nitrogens with two attached hydrogens (primary N) is 1. The minimum absolute atomic E-state index is 0.0208. The number of aliphatic carboxylic acids is 1. The van der Waals surface area contributed by atoms with Crippen molar-refractivity contribution in [1.82, 2.24) is 20.9 Å². The Kier molecular flexibility index (Phi) is 11.5. The van der Waals surface area contributed by atoms with E-state index in [2.05, 4.69) is 20.9 Å². The molecule has 0 spiro atoms. The Balaban J connectivity index is 1.54. The van der Waals surface area contributed by atoms with Crippen LogP contribution in [0.15, 0.2) is 91.1 Å². The first-order chi connectivity index (χ1) is 21.6. The van der Waals surface area contributed by atoms with Crippen LogP contribution >= 0.6 is 0 Å². The molecule has 1 aromatic heterocycles. The van der Waals surface area contributed by atoms with Crippen molar-refractivity contribution < 1.29 is 24.3 Å². The fraction of sp³-hybridized carbons (Fsp3) is 0.314. The van der Waals surface area contributed by atoms with E-state index in [-0.39, 0.29) is 31.6 Å². The number of hydrogen-bond acceptors (Lipinski definition) is 5. The lowest BCUT2D eigenvalue weighted by molar-refractivity contribution is -0.142. The first-order valence-corrected chi connectivity index (χ1v) is 15.1. The van der Waals surface area contributed by atoms with Crippen LogP contribution in [0.2, 0.25) is 0 Å². The number of carbonyl (C=O) groups is 4. The molecule has 1 heterocycles. The number of aromatic nitrogens is 1. The van der Waals surface area contributed by atoms with Gasteiger partial charge in [-0.25, -0.2) is 4.79 Å². The summed E-state index contributed by atoms with van der Waals surface area (Å²) >= 11 is 0. The van der Waals surface area contributed by atoms with Crippen molar-refractivity contribution in [2.24, 2.45) is 11.7 Å². The van der Waals surface area contributed by atoms with E-state index in [9.17, 15) is 24.3 Å². The van der Waals surface area contributed by atoms with E-state index in [0.29, 0.717) is 0 Å². The summed E-state index contributed by atoms with van der Waals surface area (Å²) in [6.07, 6.45) is 2.58. The molecular formula is C35H41N5O5. The van der Waals surface area contributed by atoms with Gasteiger partial charge in [0.05, 0.1) is 6.04 Å². The standard InChI is InChI=1S/C35H41N5O5/c1-22(2)17-31(35(44)45)40-34(43)30(19-24-13-7-4-8-14-24)39-33(42)29(18-23-11-5-3-6-12-23)38-32(41)27(36)20-25-21-37-28-16-10-9-15-26(25)28/h3-16,21-22,27,29-31,37H,17-20,36H2,1-2H3,(H,38,41)(H,39,42)(H,40,43)(H,44,45). The summed E-state index contributed by atoms with van der Waals surface area (Å²) < 4.78 is 0. The maximum atomic E-state index is 13.8. The number of amides is 3. The second kappa shape index (κ2) is 15.7. The lowest BCUT2D eigenvalue weighted by atomic mass is 10.00. The van der Waals surface area contributed by atoms with Crippen LogP contribution in [0.3, 0.4) is 0 Å². The van der Waals surface area contributed by atoms with Gasteiger partial charge in [-0.3, -0.25) is 14.4 Å². The summed E-state index contributed by atoms with van der Waals surface area (Å²) in [5.74, 6) is -2.85. The van der Waals surface area contributed by atoms with Crippen molar-refractivity contribution >= 4 is 34.6 Å². The van der Waals surface area contributed by atoms with Crippen molar-refractivity contribution in [3.63, 3.8) is 0 Å². The van der Waals surface area contributed by atoms with E-state index in [1.165, 1.54) is 0 Å². The molecule has 0 saturated carbocycles. The number of aromatic amines is 1. The number of carboxylic acid groups (broad SMARTS) is 1. The Labute approximate surface area is 262 Å². The van der Waals surface area contributed by atoms with Gasteiger partial charge in [0.2, 0.25) is 17.7 Å². The zero-order valence-corrected chi connectivity index (χ0v) is 25.5. The number of fused-ring (bicyclic) bond motifs is 1. The molecule has 45 heavy (non-hydrogen) atoms. The number of carbonyl (C=O) groups excluding carboxylic acids is 3. The molecule has 4 rings (SSSR count). The van der Waals surface area contributed by atoms with Crippen molar-refractivity contribution in [3.05, 3.63) is 108 Å². The topological polar surface area (TPSA) is 166 Å². The fourth-order valence-corrected chi connectivity index (χ4v) is 5.26. The summed E-state index contributed by atoms with van der Waals surface area (Å²) in [5.41, 5.74) is 9.73. The first-order valence-electron chi connectivity index (χ1n) is 15.1. The Hall–Kier alpha value is -4.96. The zero-order chi connectivity index (χ0) is 32.3. The fourth-order valence-electron chi connectivity index (χ4n) is 5.26. The van der Waals surface area contributed by atoms with Gasteiger partial charge in [-0.05, 0) is 41.5 Å². The third-order valence-electron chi connectivity index (χ3n) is 7.60. The Bertz CT molecular complexity index is 1590. The van der Waals surface area contributed by atoms with E-state index < -0.39 is 47.9 Å². The number of nitrogens with one attached hydrogen (secondary N) is 4. The molecule has 3 amide bonds. The summed E-state index contributed by atoms with van der Waals surface area (Å²) in [6.45, 7) is 3.73. The lowest BCUT2D eigenvalue weighted by Gasteiger charge is -2.26. The van der Waals surface area contributed by atoms with Gasteiger partial charge in [-0.15, -0.1) is 0 Å². The second-order valence-electron chi connectivity index (χ2n) is 11.7. The summed E-state index contributed by atoms with van der Waals surface area (Å²) in [7, 11) is 0. The van der Waals surface area contributed by atoms with Gasteiger partial charge in [0.25, 0.3) is 0 Å². The SMILES string of the molecule is CC(C)CC(NC(=O)C(Cc1ccccc1)NC(=O)C(Cc1ccccc1)NC(=O)C(N)Cc1c[nH]c2ccccc12)C(=O)O. The molecule has 0 fully saturated rings. The quantitative estimate of drug-likeness (QED) is 0.121. The average Bonchev–Trinajstić information content (AvgIpc) is 3.43. The van der Waals surface area contributed by atoms with Crippen molar-refractivity contribution in [2.45, 2.75) is 63.7 Å². The minimum atomic E-state index is -1.15. The van der Waals surface area contributed by atoms with Gasteiger partial charge in [-0.2, -0.15) is 0 Å². The van der Waals surface area contributed by atoms with E-state index in [1.54, 1.807) is 0 Å². The molecular weight excluding hydrogens is 570 g/mol. The monoisotopic (exact) mass is 611 g/mol. The van der Waals surface area contributed by atoms with E-state index in [0.717, 1.165) is 27.6 Å². The number of carboxylic acids is 1. The Morgan fingerprint density at radius 2 is 1.18 bits per heavy atom. The lowest BCUT2D eigenvalue weighted by Crippen LogP contribution is -2.58. The highest BCUT2D eigenvalue weighted by atomic mass is 16.4. The number of hydrogen-bond donors (Lipinski definition) is 6. The predicted molar refractivity (Wildman–Crippen MR) is 173 cm³/mol. The van der Waals surface area contributed by atoms with Gasteiger partial charge in [-0.1, -0.05) is 92.7 Å². The molecule has 4 aromatic rings. The molecule has 10 nitrogen and oxygen atoms in total. The molecule has 3 aromatic carbocycles. The third-order valence-corrected chi connectivity index (χ3v) is 7.60. The number of H-pyrrole nitrogens is 1. The number of benzene rings is 3. The molecule has 0 aliphatic carbocycles. The van der Waals surface area contributed by atoms with Gasteiger partial charge >= 0.3 is 5.97 Å². The highest BCUT2D eigenvalue weighted by Crippen LogP contribution is 2.19. The van der Waals surface area contributed by atoms with Crippen LogP contribution < -0.4 is 21.7 Å².